The van der Waals surface area contributed by atoms with Crippen LogP contribution in [-0.2, 0) is 7.05 Å². The number of hydrogen-bond donors (Lipinski definition) is 2. The van der Waals surface area contributed by atoms with Gasteiger partial charge in [-0.3, -0.25) is 0 Å². The third-order valence-electron chi connectivity index (χ3n) is 3.73. The monoisotopic (exact) mass is 245 g/mol. The lowest BCUT2D eigenvalue weighted by atomic mass is 10.1. The number of benzene rings is 1. The molecule has 1 saturated carbocycles. The standard InChI is InChI=1S/C14H19N3O/c1-9-15-12-7-10(3-6-14(12)17(9)2)13(8-18)16-11-4-5-11/h3,6-7,11,13,16,18H,4-5,8H2,1-2H3. The van der Waals surface area contributed by atoms with Gasteiger partial charge >= 0.3 is 0 Å². The van der Waals surface area contributed by atoms with E-state index in [0.717, 1.165) is 22.4 Å². The Bertz CT molecular complexity index is 572. The fourth-order valence-corrected chi connectivity index (χ4v) is 2.34. The number of nitrogens with zero attached hydrogens (tertiary/aromatic N) is 2. The quantitative estimate of drug-likeness (QED) is 0.861. The zero-order chi connectivity index (χ0) is 12.7. The first-order chi connectivity index (χ1) is 8.69. The number of fused-ring (bicyclic) bond motifs is 1. The van der Waals surface area contributed by atoms with Gasteiger partial charge in [0.15, 0.2) is 0 Å². The van der Waals surface area contributed by atoms with Gasteiger partial charge in [-0.15, -0.1) is 0 Å². The Labute approximate surface area is 107 Å². The second kappa shape index (κ2) is 4.37. The van der Waals surface area contributed by atoms with Crippen molar-refractivity contribution in [3.8, 4) is 0 Å². The summed E-state index contributed by atoms with van der Waals surface area (Å²) < 4.78 is 2.08. The molecule has 3 rings (SSSR count). The van der Waals surface area contributed by atoms with E-state index in [9.17, 15) is 5.11 Å². The van der Waals surface area contributed by atoms with Gasteiger partial charge in [-0.05, 0) is 37.5 Å². The van der Waals surface area contributed by atoms with Crippen LogP contribution in [0.2, 0.25) is 0 Å². The molecule has 1 aromatic heterocycles. The summed E-state index contributed by atoms with van der Waals surface area (Å²) in [5.74, 6) is 1.01. The van der Waals surface area contributed by atoms with Crippen molar-refractivity contribution in [3.05, 3.63) is 29.6 Å². The molecule has 1 unspecified atom stereocenters. The molecule has 2 aromatic rings. The highest BCUT2D eigenvalue weighted by Gasteiger charge is 2.25. The minimum absolute atomic E-state index is 0.0317. The Morgan fingerprint density at radius 2 is 2.28 bits per heavy atom. The summed E-state index contributed by atoms with van der Waals surface area (Å²) in [5, 5.41) is 13.0. The number of rotatable bonds is 4. The Morgan fingerprint density at radius 1 is 1.50 bits per heavy atom. The highest BCUT2D eigenvalue weighted by atomic mass is 16.3. The first-order valence-electron chi connectivity index (χ1n) is 6.49. The van der Waals surface area contributed by atoms with E-state index < -0.39 is 0 Å². The van der Waals surface area contributed by atoms with Crippen LogP contribution in [0.4, 0.5) is 0 Å². The van der Waals surface area contributed by atoms with Crippen LogP contribution in [0.25, 0.3) is 11.0 Å². The van der Waals surface area contributed by atoms with Gasteiger partial charge in [0, 0.05) is 13.1 Å². The molecule has 4 nitrogen and oxygen atoms in total. The van der Waals surface area contributed by atoms with Crippen LogP contribution < -0.4 is 5.32 Å². The third-order valence-corrected chi connectivity index (χ3v) is 3.73. The molecule has 1 aliphatic rings. The lowest BCUT2D eigenvalue weighted by Gasteiger charge is -2.16. The molecule has 4 heteroatoms. The van der Waals surface area contributed by atoms with Gasteiger partial charge in [0.25, 0.3) is 0 Å². The van der Waals surface area contributed by atoms with Gasteiger partial charge in [0.05, 0.1) is 23.7 Å². The van der Waals surface area contributed by atoms with Gasteiger partial charge in [-0.2, -0.15) is 0 Å². The summed E-state index contributed by atoms with van der Waals surface area (Å²) in [6.45, 7) is 2.14. The van der Waals surface area contributed by atoms with Crippen molar-refractivity contribution in [1.82, 2.24) is 14.9 Å². The molecule has 1 aromatic carbocycles. The van der Waals surface area contributed by atoms with E-state index in [1.165, 1.54) is 12.8 Å². The van der Waals surface area contributed by atoms with E-state index in [2.05, 4.69) is 33.1 Å². The zero-order valence-corrected chi connectivity index (χ0v) is 10.8. The summed E-state index contributed by atoms with van der Waals surface area (Å²) in [6, 6.07) is 6.87. The largest absolute Gasteiger partial charge is 0.394 e. The molecule has 0 radical (unpaired) electrons. The Balaban J connectivity index is 1.95. The van der Waals surface area contributed by atoms with E-state index in [0.29, 0.717) is 6.04 Å². The minimum Gasteiger partial charge on any atom is -0.394 e. The summed E-state index contributed by atoms with van der Waals surface area (Å²) in [5.41, 5.74) is 3.26. The first kappa shape index (κ1) is 11.7. The normalized spacial score (nSPS) is 17.3. The average molecular weight is 245 g/mol. The molecular weight excluding hydrogens is 226 g/mol. The van der Waals surface area contributed by atoms with Gasteiger partial charge in [0.1, 0.15) is 5.82 Å². The Hall–Kier alpha value is -1.39. The smallest absolute Gasteiger partial charge is 0.106 e. The summed E-state index contributed by atoms with van der Waals surface area (Å²) in [4.78, 5) is 4.54. The molecule has 96 valence electrons. The molecule has 0 aliphatic heterocycles. The maximum absolute atomic E-state index is 9.50. The van der Waals surface area contributed by atoms with E-state index in [1.807, 2.05) is 14.0 Å². The number of aryl methyl sites for hydroxylation is 2. The summed E-state index contributed by atoms with van der Waals surface area (Å²) in [6.07, 6.45) is 2.45. The molecule has 18 heavy (non-hydrogen) atoms. The number of hydrogen-bond acceptors (Lipinski definition) is 3. The number of imidazole rings is 1. The van der Waals surface area contributed by atoms with Gasteiger partial charge in [-0.1, -0.05) is 6.07 Å². The van der Waals surface area contributed by atoms with Crippen LogP contribution in [0.15, 0.2) is 18.2 Å². The van der Waals surface area contributed by atoms with Crippen molar-refractivity contribution in [2.45, 2.75) is 31.8 Å². The molecule has 0 bridgehead atoms. The van der Waals surface area contributed by atoms with E-state index in [1.54, 1.807) is 0 Å². The van der Waals surface area contributed by atoms with E-state index in [4.69, 9.17) is 0 Å². The molecule has 0 amide bonds. The lowest BCUT2D eigenvalue weighted by Crippen LogP contribution is -2.26. The highest BCUT2D eigenvalue weighted by Crippen LogP contribution is 2.26. The van der Waals surface area contributed by atoms with E-state index in [-0.39, 0.29) is 12.6 Å². The molecule has 2 N–H and O–H groups in total. The van der Waals surface area contributed by atoms with Crippen LogP contribution in [-0.4, -0.2) is 27.3 Å². The number of nitrogens with one attached hydrogen (secondary N) is 1. The first-order valence-corrected chi connectivity index (χ1v) is 6.49. The van der Waals surface area contributed by atoms with Crippen LogP contribution in [0.1, 0.15) is 30.3 Å². The van der Waals surface area contributed by atoms with E-state index >= 15 is 0 Å². The Kier molecular flexibility index (Phi) is 2.84. The maximum Gasteiger partial charge on any atom is 0.106 e. The topological polar surface area (TPSA) is 50.1 Å². The summed E-state index contributed by atoms with van der Waals surface area (Å²) >= 11 is 0. The predicted molar refractivity (Wildman–Crippen MR) is 71.4 cm³/mol. The summed E-state index contributed by atoms with van der Waals surface area (Å²) in [7, 11) is 2.02. The number of aromatic nitrogens is 2. The van der Waals surface area contributed by atoms with Crippen molar-refractivity contribution in [2.24, 2.45) is 7.05 Å². The molecule has 0 saturated heterocycles. The van der Waals surface area contributed by atoms with Crippen molar-refractivity contribution in [2.75, 3.05) is 6.61 Å². The third kappa shape index (κ3) is 2.02. The minimum atomic E-state index is 0.0317. The predicted octanol–water partition coefficient (Wildman–Crippen LogP) is 1.67. The van der Waals surface area contributed by atoms with Crippen molar-refractivity contribution >= 4 is 11.0 Å². The van der Waals surface area contributed by atoms with Crippen molar-refractivity contribution < 1.29 is 5.11 Å². The molecule has 1 heterocycles. The fourth-order valence-electron chi connectivity index (χ4n) is 2.34. The molecule has 1 aliphatic carbocycles. The van der Waals surface area contributed by atoms with Crippen molar-refractivity contribution in [1.29, 1.82) is 0 Å². The van der Waals surface area contributed by atoms with Gasteiger partial charge < -0.3 is 15.0 Å². The van der Waals surface area contributed by atoms with Crippen LogP contribution in [0, 0.1) is 6.92 Å². The van der Waals surface area contributed by atoms with Gasteiger partial charge in [-0.25, -0.2) is 4.98 Å². The zero-order valence-electron chi connectivity index (χ0n) is 10.8. The second-order valence-corrected chi connectivity index (χ2v) is 5.14. The van der Waals surface area contributed by atoms with Crippen LogP contribution in [0.3, 0.4) is 0 Å². The molecule has 1 fully saturated rings. The molecule has 0 spiro atoms. The van der Waals surface area contributed by atoms with Crippen LogP contribution in [0.5, 0.6) is 0 Å². The number of aliphatic hydroxyl groups excluding tert-OH is 1. The fraction of sp³-hybridized carbons (Fsp3) is 0.500. The maximum atomic E-state index is 9.50. The van der Waals surface area contributed by atoms with Crippen LogP contribution >= 0.6 is 0 Å². The SMILES string of the molecule is Cc1nc2cc(C(CO)NC3CC3)ccc2n1C. The second-order valence-electron chi connectivity index (χ2n) is 5.14. The number of aliphatic hydroxyl groups is 1. The molecule has 1 atom stereocenters. The Morgan fingerprint density at radius 3 is 2.94 bits per heavy atom. The highest BCUT2D eigenvalue weighted by molar-refractivity contribution is 5.76. The van der Waals surface area contributed by atoms with Gasteiger partial charge in [0.2, 0.25) is 0 Å². The average Bonchev–Trinajstić information content (AvgIpc) is 3.14. The lowest BCUT2D eigenvalue weighted by molar-refractivity contribution is 0.243. The molecular formula is C14H19N3O. The van der Waals surface area contributed by atoms with Crippen molar-refractivity contribution in [3.63, 3.8) is 0 Å².